The first-order valence-electron chi connectivity index (χ1n) is 7.62. The molecule has 0 spiro atoms. The second-order valence-corrected chi connectivity index (χ2v) is 7.51. The van der Waals surface area contributed by atoms with Crippen molar-refractivity contribution in [1.29, 1.82) is 0 Å². The number of nitrogens with zero attached hydrogens (tertiary/aromatic N) is 1. The molecule has 0 bridgehead atoms. The van der Waals surface area contributed by atoms with Crippen LogP contribution in [0.4, 0.5) is 5.69 Å². The van der Waals surface area contributed by atoms with Gasteiger partial charge in [0.15, 0.2) is 0 Å². The van der Waals surface area contributed by atoms with Crippen LogP contribution in [-0.2, 0) is 23.1 Å². The van der Waals surface area contributed by atoms with Gasteiger partial charge in [0.05, 0.1) is 12.3 Å². The van der Waals surface area contributed by atoms with Gasteiger partial charge in [0.25, 0.3) is 0 Å². The number of hydrogen-bond donors (Lipinski definition) is 2. The minimum atomic E-state index is -3.59. The summed E-state index contributed by atoms with van der Waals surface area (Å²) in [6, 6.07) is 5.49. The molecule has 1 aliphatic carbocycles. The number of aliphatic hydroxyl groups is 1. The molecule has 0 saturated carbocycles. The molecule has 2 N–H and O–H groups in total. The maximum absolute atomic E-state index is 12.5. The van der Waals surface area contributed by atoms with E-state index in [-0.39, 0.29) is 12.6 Å². The standard InChI is InChI=1S/C15H22N2O3S/c18-11-15-6-1-2-9-17(15)21(19,20)16-14-8-7-12-4-3-5-13(12)10-14/h7-8,10,15-16,18H,1-6,9,11H2. The predicted molar refractivity (Wildman–Crippen MR) is 82.4 cm³/mol. The van der Waals surface area contributed by atoms with Gasteiger partial charge in [-0.2, -0.15) is 12.7 Å². The van der Waals surface area contributed by atoms with Crippen LogP contribution in [0.25, 0.3) is 0 Å². The van der Waals surface area contributed by atoms with Crippen molar-refractivity contribution in [3.63, 3.8) is 0 Å². The van der Waals surface area contributed by atoms with Gasteiger partial charge in [-0.1, -0.05) is 12.5 Å². The fourth-order valence-corrected chi connectivity index (χ4v) is 4.79. The third-order valence-corrected chi connectivity index (χ3v) is 6.03. The molecule has 1 aromatic carbocycles. The van der Waals surface area contributed by atoms with E-state index in [0.717, 1.165) is 38.5 Å². The Balaban J connectivity index is 1.79. The molecular weight excluding hydrogens is 288 g/mol. The lowest BCUT2D eigenvalue weighted by atomic mass is 10.1. The predicted octanol–water partition coefficient (Wildman–Crippen LogP) is 1.68. The summed E-state index contributed by atoms with van der Waals surface area (Å²) < 4.78 is 29.1. The van der Waals surface area contributed by atoms with E-state index in [1.54, 1.807) is 0 Å². The lowest BCUT2D eigenvalue weighted by Gasteiger charge is -2.33. The zero-order valence-corrected chi connectivity index (χ0v) is 12.9. The van der Waals surface area contributed by atoms with Crippen molar-refractivity contribution in [2.75, 3.05) is 17.9 Å². The fourth-order valence-electron chi connectivity index (χ4n) is 3.32. The van der Waals surface area contributed by atoms with E-state index in [4.69, 9.17) is 0 Å². The average Bonchev–Trinajstić information content (AvgIpc) is 2.94. The van der Waals surface area contributed by atoms with E-state index < -0.39 is 10.2 Å². The molecule has 1 fully saturated rings. The minimum Gasteiger partial charge on any atom is -0.395 e. The molecule has 21 heavy (non-hydrogen) atoms. The van der Waals surface area contributed by atoms with Crippen LogP contribution < -0.4 is 4.72 Å². The summed E-state index contributed by atoms with van der Waals surface area (Å²) in [5.41, 5.74) is 3.19. The Bertz CT molecular complexity index is 615. The number of aryl methyl sites for hydroxylation is 2. The summed E-state index contributed by atoms with van der Waals surface area (Å²) >= 11 is 0. The van der Waals surface area contributed by atoms with Crippen molar-refractivity contribution in [2.45, 2.75) is 44.6 Å². The number of hydrogen-bond acceptors (Lipinski definition) is 3. The highest BCUT2D eigenvalue weighted by molar-refractivity contribution is 7.90. The van der Waals surface area contributed by atoms with Gasteiger partial charge in [-0.05, 0) is 55.4 Å². The highest BCUT2D eigenvalue weighted by Gasteiger charge is 2.31. The molecule has 1 saturated heterocycles. The smallest absolute Gasteiger partial charge is 0.301 e. The van der Waals surface area contributed by atoms with Crippen molar-refractivity contribution < 1.29 is 13.5 Å². The first kappa shape index (κ1) is 14.8. The van der Waals surface area contributed by atoms with Crippen LogP contribution in [-0.4, -0.2) is 37.0 Å². The molecule has 2 aliphatic rings. The number of anilines is 1. The SMILES string of the molecule is O=S(=O)(Nc1ccc2c(c1)CCC2)N1CCCCC1CO. The Kier molecular flexibility index (Phi) is 4.19. The Hall–Kier alpha value is -1.11. The van der Waals surface area contributed by atoms with Crippen molar-refractivity contribution in [1.82, 2.24) is 4.31 Å². The highest BCUT2D eigenvalue weighted by atomic mass is 32.2. The van der Waals surface area contributed by atoms with Crippen LogP contribution in [0.5, 0.6) is 0 Å². The van der Waals surface area contributed by atoms with Crippen molar-refractivity contribution in [3.05, 3.63) is 29.3 Å². The lowest BCUT2D eigenvalue weighted by Crippen LogP contribution is -2.47. The molecule has 1 unspecified atom stereocenters. The van der Waals surface area contributed by atoms with E-state index in [2.05, 4.69) is 4.72 Å². The summed E-state index contributed by atoms with van der Waals surface area (Å²) in [6.45, 7) is 0.358. The number of benzene rings is 1. The summed E-state index contributed by atoms with van der Waals surface area (Å²) in [6.07, 6.45) is 5.79. The molecule has 1 heterocycles. The van der Waals surface area contributed by atoms with Gasteiger partial charge in [0.2, 0.25) is 0 Å². The van der Waals surface area contributed by atoms with Gasteiger partial charge in [-0.25, -0.2) is 0 Å². The van der Waals surface area contributed by atoms with E-state index in [9.17, 15) is 13.5 Å². The van der Waals surface area contributed by atoms with Gasteiger partial charge < -0.3 is 5.11 Å². The third-order valence-electron chi connectivity index (χ3n) is 4.44. The second-order valence-electron chi connectivity index (χ2n) is 5.89. The average molecular weight is 310 g/mol. The molecular formula is C15H22N2O3S. The van der Waals surface area contributed by atoms with Gasteiger partial charge in [0, 0.05) is 12.6 Å². The van der Waals surface area contributed by atoms with Crippen LogP contribution in [0.2, 0.25) is 0 Å². The third kappa shape index (κ3) is 3.07. The Morgan fingerprint density at radius 3 is 2.81 bits per heavy atom. The number of fused-ring (bicyclic) bond motifs is 1. The number of aliphatic hydroxyl groups excluding tert-OH is 1. The number of rotatable bonds is 4. The van der Waals surface area contributed by atoms with Crippen LogP contribution in [0.3, 0.4) is 0 Å². The van der Waals surface area contributed by atoms with Crippen LogP contribution >= 0.6 is 0 Å². The normalized spacial score (nSPS) is 23.0. The number of piperidine rings is 1. The Morgan fingerprint density at radius 1 is 1.19 bits per heavy atom. The Morgan fingerprint density at radius 2 is 2.00 bits per heavy atom. The quantitative estimate of drug-likeness (QED) is 0.889. The second kappa shape index (κ2) is 5.94. The highest BCUT2D eigenvalue weighted by Crippen LogP contribution is 2.27. The van der Waals surface area contributed by atoms with Crippen molar-refractivity contribution >= 4 is 15.9 Å². The van der Waals surface area contributed by atoms with Crippen LogP contribution in [0.15, 0.2) is 18.2 Å². The molecule has 0 amide bonds. The van der Waals surface area contributed by atoms with Crippen molar-refractivity contribution in [2.24, 2.45) is 0 Å². The van der Waals surface area contributed by atoms with E-state index >= 15 is 0 Å². The summed E-state index contributed by atoms with van der Waals surface area (Å²) in [5, 5.41) is 9.38. The minimum absolute atomic E-state index is 0.120. The summed E-state index contributed by atoms with van der Waals surface area (Å²) in [7, 11) is -3.59. The first-order valence-corrected chi connectivity index (χ1v) is 9.06. The zero-order chi connectivity index (χ0) is 14.9. The molecule has 5 nitrogen and oxygen atoms in total. The molecule has 116 valence electrons. The number of nitrogens with one attached hydrogen (secondary N) is 1. The first-order chi connectivity index (χ1) is 10.1. The van der Waals surface area contributed by atoms with Gasteiger partial charge in [-0.3, -0.25) is 4.72 Å². The molecule has 0 aromatic heterocycles. The van der Waals surface area contributed by atoms with Gasteiger partial charge >= 0.3 is 10.2 Å². The van der Waals surface area contributed by atoms with Crippen molar-refractivity contribution in [3.8, 4) is 0 Å². The monoisotopic (exact) mass is 310 g/mol. The summed E-state index contributed by atoms with van der Waals surface area (Å²) in [4.78, 5) is 0. The van der Waals surface area contributed by atoms with Crippen LogP contribution in [0.1, 0.15) is 36.8 Å². The van der Waals surface area contributed by atoms with E-state index in [1.165, 1.54) is 15.4 Å². The van der Waals surface area contributed by atoms with Gasteiger partial charge in [-0.15, -0.1) is 0 Å². The molecule has 1 aromatic rings. The molecule has 1 atom stereocenters. The molecule has 6 heteroatoms. The fraction of sp³-hybridized carbons (Fsp3) is 0.600. The van der Waals surface area contributed by atoms with Crippen LogP contribution in [0, 0.1) is 0 Å². The molecule has 3 rings (SSSR count). The maximum atomic E-state index is 12.5. The topological polar surface area (TPSA) is 69.6 Å². The maximum Gasteiger partial charge on any atom is 0.301 e. The zero-order valence-electron chi connectivity index (χ0n) is 12.1. The lowest BCUT2D eigenvalue weighted by molar-refractivity contribution is 0.156. The van der Waals surface area contributed by atoms with E-state index in [0.29, 0.717) is 12.2 Å². The summed E-state index contributed by atoms with van der Waals surface area (Å²) in [5.74, 6) is 0. The molecule has 1 aliphatic heterocycles. The van der Waals surface area contributed by atoms with Gasteiger partial charge in [0.1, 0.15) is 0 Å². The molecule has 0 radical (unpaired) electrons. The Labute approximate surface area is 126 Å². The largest absolute Gasteiger partial charge is 0.395 e. The van der Waals surface area contributed by atoms with E-state index in [1.807, 2.05) is 18.2 Å².